The van der Waals surface area contributed by atoms with Crippen LogP contribution in [-0.4, -0.2) is 28.5 Å². The van der Waals surface area contributed by atoms with E-state index in [1.165, 1.54) is 0 Å². The third kappa shape index (κ3) is 3.59. The molecule has 1 aromatic heterocycles. The topological polar surface area (TPSA) is 89.5 Å². The summed E-state index contributed by atoms with van der Waals surface area (Å²) in [5.74, 6) is 0.504. The summed E-state index contributed by atoms with van der Waals surface area (Å²) in [6.45, 7) is 3.40. The summed E-state index contributed by atoms with van der Waals surface area (Å²) in [6, 6.07) is 7.67. The zero-order valence-corrected chi connectivity index (χ0v) is 10.7. The first-order valence-corrected chi connectivity index (χ1v) is 6.13. The molecule has 0 aliphatic rings. The fraction of sp³-hybridized carbons (Fsp3) is 0.333. The number of aliphatic hydroxyl groups excluding tert-OH is 1. The van der Waals surface area contributed by atoms with E-state index < -0.39 is 0 Å². The number of hydrogen-bond acceptors (Lipinski definition) is 5. The van der Waals surface area contributed by atoms with Gasteiger partial charge < -0.3 is 10.4 Å². The van der Waals surface area contributed by atoms with Gasteiger partial charge in [0.15, 0.2) is 0 Å². The number of hydrogen-bond donors (Lipinski definition) is 3. The molecule has 0 aliphatic heterocycles. The first kappa shape index (κ1) is 13.2. The number of aliphatic hydroxyl groups is 1. The van der Waals surface area contributed by atoms with Crippen molar-refractivity contribution in [2.24, 2.45) is 10.2 Å². The predicted octanol–water partition coefficient (Wildman–Crippen LogP) is 1.54. The Balaban J connectivity index is 2.07. The lowest BCUT2D eigenvalue weighted by Crippen LogP contribution is -2.33. The van der Waals surface area contributed by atoms with Gasteiger partial charge >= 0.3 is 5.95 Å². The second kappa shape index (κ2) is 6.60. The molecular weight excluding hydrogens is 244 g/mol. The smallest absolute Gasteiger partial charge is 0.393 e. The molecule has 1 heterocycles. The molecule has 0 spiro atoms. The Morgan fingerprint density at radius 1 is 1.32 bits per heavy atom. The minimum absolute atomic E-state index is 0.0318. The van der Waals surface area contributed by atoms with Gasteiger partial charge in [-0.3, -0.25) is 0 Å². The van der Waals surface area contributed by atoms with E-state index >= 15 is 0 Å². The number of aromatic amines is 1. The molecule has 0 fully saturated rings. The second-order valence-electron chi connectivity index (χ2n) is 3.87. The lowest BCUT2D eigenvalue weighted by atomic mass is 10.3. The summed E-state index contributed by atoms with van der Waals surface area (Å²) in [5, 5.41) is 26.9. The van der Waals surface area contributed by atoms with Crippen LogP contribution in [0.2, 0.25) is 0 Å². The van der Waals surface area contributed by atoms with Gasteiger partial charge in [-0.15, -0.1) is 5.10 Å². The molecule has 100 valence electrons. The molecular formula is C12H17N6O+. The molecule has 0 saturated carbocycles. The molecule has 2 rings (SSSR count). The van der Waals surface area contributed by atoms with Gasteiger partial charge in [-0.25, -0.2) is 4.57 Å². The number of anilines is 1. The zero-order chi connectivity index (χ0) is 13.5. The maximum Gasteiger partial charge on any atom is 0.401 e. The van der Waals surface area contributed by atoms with Gasteiger partial charge in [0, 0.05) is 17.3 Å². The van der Waals surface area contributed by atoms with Gasteiger partial charge in [0.25, 0.3) is 0 Å². The van der Waals surface area contributed by atoms with E-state index in [9.17, 15) is 0 Å². The molecule has 0 saturated heterocycles. The van der Waals surface area contributed by atoms with Crippen LogP contribution in [0, 0.1) is 0 Å². The Morgan fingerprint density at radius 2 is 2.11 bits per heavy atom. The van der Waals surface area contributed by atoms with Gasteiger partial charge in [0.1, 0.15) is 0 Å². The lowest BCUT2D eigenvalue weighted by Gasteiger charge is -2.01. The highest BCUT2D eigenvalue weighted by atomic mass is 16.3. The van der Waals surface area contributed by atoms with Crippen molar-refractivity contribution in [1.82, 2.24) is 10.2 Å². The fourth-order valence-corrected chi connectivity index (χ4v) is 1.58. The molecule has 0 amide bonds. The summed E-state index contributed by atoms with van der Waals surface area (Å²) in [6.07, 6.45) is 1.57. The molecule has 0 bridgehead atoms. The van der Waals surface area contributed by atoms with Crippen molar-refractivity contribution >= 4 is 17.3 Å². The first-order chi connectivity index (χ1) is 9.33. The molecule has 7 nitrogen and oxygen atoms in total. The van der Waals surface area contributed by atoms with E-state index in [0.717, 1.165) is 17.9 Å². The number of nitrogens with zero attached hydrogens (tertiary/aromatic N) is 4. The van der Waals surface area contributed by atoms with Crippen LogP contribution in [-0.2, 0) is 6.54 Å². The predicted molar refractivity (Wildman–Crippen MR) is 70.7 cm³/mol. The van der Waals surface area contributed by atoms with Crippen LogP contribution in [0.5, 0.6) is 0 Å². The monoisotopic (exact) mass is 261 g/mol. The van der Waals surface area contributed by atoms with Crippen molar-refractivity contribution in [2.75, 3.05) is 18.5 Å². The van der Waals surface area contributed by atoms with Gasteiger partial charge in [-0.05, 0) is 36.3 Å². The molecule has 7 heteroatoms. The molecule has 2 aromatic rings. The molecule has 0 atom stereocenters. The van der Waals surface area contributed by atoms with Crippen molar-refractivity contribution in [1.29, 1.82) is 0 Å². The molecule has 3 N–H and O–H groups in total. The third-order valence-electron chi connectivity index (χ3n) is 2.48. The number of nitrogens with one attached hydrogen (secondary N) is 2. The zero-order valence-electron chi connectivity index (χ0n) is 10.7. The number of rotatable bonds is 6. The van der Waals surface area contributed by atoms with Crippen molar-refractivity contribution < 1.29 is 9.67 Å². The quantitative estimate of drug-likeness (QED) is 0.544. The second-order valence-corrected chi connectivity index (χ2v) is 3.87. The SMILES string of the molecule is CCNc1ccc(N=Nc2[nH]nc[n+]2CCO)cc1. The number of benzene rings is 1. The summed E-state index contributed by atoms with van der Waals surface area (Å²) < 4.78 is 1.69. The standard InChI is InChI=1S/C12H16N6O/c1-2-13-10-3-5-11(6-4-10)15-17-12-16-14-9-18(12)7-8-19/h3-6,9,19H,2,7-8H2,1H3,(H,13,16,17)/p+1. The Labute approximate surface area is 111 Å². The van der Waals surface area contributed by atoms with Crippen molar-refractivity contribution in [3.05, 3.63) is 30.6 Å². The molecule has 19 heavy (non-hydrogen) atoms. The van der Waals surface area contributed by atoms with Crippen molar-refractivity contribution in [3.8, 4) is 0 Å². The lowest BCUT2D eigenvalue weighted by molar-refractivity contribution is -0.685. The summed E-state index contributed by atoms with van der Waals surface area (Å²) >= 11 is 0. The van der Waals surface area contributed by atoms with Gasteiger partial charge in [-0.1, -0.05) is 5.11 Å². The van der Waals surface area contributed by atoms with Crippen molar-refractivity contribution in [2.45, 2.75) is 13.5 Å². The highest BCUT2D eigenvalue weighted by molar-refractivity contribution is 5.50. The first-order valence-electron chi connectivity index (χ1n) is 6.13. The Bertz CT molecular complexity index is 533. The minimum atomic E-state index is 0.0318. The van der Waals surface area contributed by atoms with Crippen LogP contribution in [0.3, 0.4) is 0 Å². The van der Waals surface area contributed by atoms with Crippen LogP contribution in [0.25, 0.3) is 0 Å². The maximum absolute atomic E-state index is 8.89. The summed E-state index contributed by atoms with van der Waals surface area (Å²) in [7, 11) is 0. The van der Waals surface area contributed by atoms with E-state index in [4.69, 9.17) is 5.11 Å². The third-order valence-corrected chi connectivity index (χ3v) is 2.48. The van der Waals surface area contributed by atoms with Gasteiger partial charge in [-0.2, -0.15) is 0 Å². The number of aromatic nitrogens is 3. The van der Waals surface area contributed by atoms with E-state index in [-0.39, 0.29) is 6.61 Å². The highest BCUT2D eigenvalue weighted by Gasteiger charge is 2.09. The normalized spacial score (nSPS) is 11.1. The Hall–Kier alpha value is -2.28. The van der Waals surface area contributed by atoms with E-state index in [1.54, 1.807) is 10.9 Å². The van der Waals surface area contributed by atoms with Gasteiger partial charge in [0.2, 0.25) is 6.33 Å². The largest absolute Gasteiger partial charge is 0.401 e. The highest BCUT2D eigenvalue weighted by Crippen LogP contribution is 2.17. The van der Waals surface area contributed by atoms with Crippen LogP contribution in [0.4, 0.5) is 17.3 Å². The summed E-state index contributed by atoms with van der Waals surface area (Å²) in [5.41, 5.74) is 1.81. The molecule has 1 aromatic carbocycles. The van der Waals surface area contributed by atoms with Crippen LogP contribution >= 0.6 is 0 Å². The average molecular weight is 261 g/mol. The van der Waals surface area contributed by atoms with Crippen LogP contribution in [0.15, 0.2) is 40.8 Å². The molecule has 0 aliphatic carbocycles. The Morgan fingerprint density at radius 3 is 2.79 bits per heavy atom. The Kier molecular flexibility index (Phi) is 4.57. The van der Waals surface area contributed by atoms with Crippen LogP contribution in [0.1, 0.15) is 6.92 Å². The fourth-order valence-electron chi connectivity index (χ4n) is 1.58. The van der Waals surface area contributed by atoms with Gasteiger partial charge in [0.05, 0.1) is 18.8 Å². The molecule has 0 radical (unpaired) electrons. The summed E-state index contributed by atoms with van der Waals surface area (Å²) in [4.78, 5) is 0. The van der Waals surface area contributed by atoms with Crippen LogP contribution < -0.4 is 9.88 Å². The number of H-pyrrole nitrogens is 1. The number of azo groups is 1. The van der Waals surface area contributed by atoms with E-state index in [1.807, 2.05) is 31.2 Å². The van der Waals surface area contributed by atoms with E-state index in [2.05, 4.69) is 25.7 Å². The molecule has 0 unspecified atom stereocenters. The van der Waals surface area contributed by atoms with Crippen molar-refractivity contribution in [3.63, 3.8) is 0 Å². The van der Waals surface area contributed by atoms with E-state index in [0.29, 0.717) is 12.5 Å². The maximum atomic E-state index is 8.89. The average Bonchev–Trinajstić information content (AvgIpc) is 2.86. The minimum Gasteiger partial charge on any atom is -0.393 e.